The van der Waals surface area contributed by atoms with Crippen LogP contribution in [-0.4, -0.2) is 29.0 Å². The molecule has 0 amide bonds. The fourth-order valence-electron chi connectivity index (χ4n) is 1.55. The number of halogens is 2. The van der Waals surface area contributed by atoms with E-state index in [0.717, 1.165) is 16.7 Å². The standard InChI is InChI=1S/C11H8Cl2N2O5S2/c12-7-3-1-2-6(9(7)13)4-15(22(18,19)20)11-14-8(5-21-11)10(16)17/h1-3,5H,4H2,(H,16,17)(H,18,19,20). The highest BCUT2D eigenvalue weighted by atomic mass is 35.5. The molecule has 0 fully saturated rings. The molecule has 0 saturated heterocycles. The second-order valence-electron chi connectivity index (χ2n) is 4.02. The maximum atomic E-state index is 11.5. The lowest BCUT2D eigenvalue weighted by Crippen LogP contribution is -2.29. The Bertz CT molecular complexity index is 822. The lowest BCUT2D eigenvalue weighted by Gasteiger charge is -2.18. The van der Waals surface area contributed by atoms with Crippen LogP contribution in [0.4, 0.5) is 5.13 Å². The summed E-state index contributed by atoms with van der Waals surface area (Å²) in [7, 11) is -4.67. The summed E-state index contributed by atoms with van der Waals surface area (Å²) in [4.78, 5) is 14.5. The Hall–Kier alpha value is -1.39. The number of rotatable bonds is 5. The van der Waals surface area contributed by atoms with Crippen molar-refractivity contribution in [2.75, 3.05) is 4.31 Å². The van der Waals surface area contributed by atoms with Gasteiger partial charge in [0.25, 0.3) is 0 Å². The number of hydrogen-bond acceptors (Lipinski definition) is 5. The quantitative estimate of drug-likeness (QED) is 0.769. The van der Waals surface area contributed by atoms with E-state index in [1.807, 2.05) is 0 Å². The lowest BCUT2D eigenvalue weighted by atomic mass is 10.2. The number of carboxylic acid groups (broad SMARTS) is 1. The van der Waals surface area contributed by atoms with Gasteiger partial charge in [-0.3, -0.25) is 4.55 Å². The first-order chi connectivity index (χ1) is 10.2. The molecular weight excluding hydrogens is 375 g/mol. The van der Waals surface area contributed by atoms with Crippen LogP contribution in [0.3, 0.4) is 0 Å². The van der Waals surface area contributed by atoms with Gasteiger partial charge in [-0.2, -0.15) is 8.42 Å². The van der Waals surface area contributed by atoms with Crippen molar-refractivity contribution in [1.82, 2.24) is 4.98 Å². The van der Waals surface area contributed by atoms with Crippen LogP contribution >= 0.6 is 34.5 Å². The van der Waals surface area contributed by atoms with E-state index < -0.39 is 16.3 Å². The average Bonchev–Trinajstić information content (AvgIpc) is 2.88. The molecule has 0 aliphatic rings. The molecule has 2 aromatic rings. The summed E-state index contributed by atoms with van der Waals surface area (Å²) in [5, 5.41) is 10.1. The van der Waals surface area contributed by atoms with E-state index in [-0.39, 0.29) is 27.4 Å². The lowest BCUT2D eigenvalue weighted by molar-refractivity contribution is 0.0691. The minimum atomic E-state index is -4.67. The van der Waals surface area contributed by atoms with Crippen molar-refractivity contribution >= 4 is 55.9 Å². The monoisotopic (exact) mass is 382 g/mol. The van der Waals surface area contributed by atoms with E-state index in [0.29, 0.717) is 9.87 Å². The van der Waals surface area contributed by atoms with Crippen molar-refractivity contribution in [1.29, 1.82) is 0 Å². The zero-order valence-corrected chi connectivity index (χ0v) is 13.7. The van der Waals surface area contributed by atoms with Gasteiger partial charge >= 0.3 is 16.3 Å². The largest absolute Gasteiger partial charge is 0.476 e. The fourth-order valence-corrected chi connectivity index (χ4v) is 3.59. The Labute approximate surface area is 139 Å². The van der Waals surface area contributed by atoms with Crippen molar-refractivity contribution < 1.29 is 22.9 Å². The van der Waals surface area contributed by atoms with Gasteiger partial charge in [0.15, 0.2) is 5.69 Å². The summed E-state index contributed by atoms with van der Waals surface area (Å²) in [6, 6.07) is 4.62. The zero-order valence-electron chi connectivity index (χ0n) is 10.6. The molecule has 0 bridgehead atoms. The molecular formula is C11H8Cl2N2O5S2. The van der Waals surface area contributed by atoms with Gasteiger partial charge in [-0.25, -0.2) is 14.1 Å². The SMILES string of the molecule is O=C(O)c1csc(N(Cc2cccc(Cl)c2Cl)S(=O)(=O)O)n1. The van der Waals surface area contributed by atoms with Gasteiger partial charge in [0.05, 0.1) is 16.6 Å². The first kappa shape index (κ1) is 17.0. The zero-order chi connectivity index (χ0) is 16.5. The van der Waals surface area contributed by atoms with Crippen LogP contribution in [0, 0.1) is 0 Å². The highest BCUT2D eigenvalue weighted by molar-refractivity contribution is 7.87. The van der Waals surface area contributed by atoms with Gasteiger partial charge in [0.1, 0.15) is 0 Å². The summed E-state index contributed by atoms with van der Waals surface area (Å²) in [6.07, 6.45) is 0. The minimum absolute atomic E-state index is 0.132. The molecule has 0 saturated carbocycles. The third-order valence-corrected chi connectivity index (χ3v) is 5.24. The summed E-state index contributed by atoms with van der Waals surface area (Å²) in [5.41, 5.74) is 0.00436. The molecule has 22 heavy (non-hydrogen) atoms. The first-order valence-corrected chi connectivity index (χ1v) is 8.60. The normalized spacial score (nSPS) is 11.4. The van der Waals surface area contributed by atoms with E-state index in [9.17, 15) is 17.8 Å². The number of carboxylic acids is 1. The molecule has 0 atom stereocenters. The molecule has 1 heterocycles. The second kappa shape index (κ2) is 6.39. The van der Waals surface area contributed by atoms with Crippen molar-refractivity contribution in [2.24, 2.45) is 0 Å². The minimum Gasteiger partial charge on any atom is -0.476 e. The van der Waals surface area contributed by atoms with Crippen molar-refractivity contribution in [3.05, 3.63) is 44.9 Å². The topological polar surface area (TPSA) is 108 Å². The summed E-state index contributed by atoms with van der Waals surface area (Å²) >= 11 is 12.6. The molecule has 0 aliphatic carbocycles. The average molecular weight is 383 g/mol. The Balaban J connectivity index is 2.43. The predicted molar refractivity (Wildman–Crippen MR) is 83.3 cm³/mol. The van der Waals surface area contributed by atoms with Crippen LogP contribution in [0.1, 0.15) is 16.1 Å². The number of carbonyl (C=O) groups is 1. The van der Waals surface area contributed by atoms with E-state index in [4.69, 9.17) is 28.3 Å². The van der Waals surface area contributed by atoms with Crippen LogP contribution in [0.25, 0.3) is 0 Å². The smallest absolute Gasteiger partial charge is 0.362 e. The molecule has 1 aromatic heterocycles. The number of nitrogens with zero attached hydrogens (tertiary/aromatic N) is 2. The van der Waals surface area contributed by atoms with Gasteiger partial charge in [-0.05, 0) is 11.6 Å². The van der Waals surface area contributed by atoms with Crippen molar-refractivity contribution in [3.63, 3.8) is 0 Å². The molecule has 118 valence electrons. The summed E-state index contributed by atoms with van der Waals surface area (Å²) in [5.74, 6) is -1.31. The van der Waals surface area contributed by atoms with E-state index >= 15 is 0 Å². The number of hydrogen-bond donors (Lipinski definition) is 2. The van der Waals surface area contributed by atoms with Gasteiger partial charge in [-0.15, -0.1) is 11.3 Å². The van der Waals surface area contributed by atoms with E-state index in [1.165, 1.54) is 12.1 Å². The first-order valence-electron chi connectivity index (χ1n) is 5.57. The van der Waals surface area contributed by atoms with Crippen LogP contribution in [0.2, 0.25) is 10.0 Å². The molecule has 0 spiro atoms. The Kier molecular flexibility index (Phi) is 4.93. The van der Waals surface area contributed by atoms with Crippen molar-refractivity contribution in [2.45, 2.75) is 6.54 Å². The highest BCUT2D eigenvalue weighted by Crippen LogP contribution is 2.30. The molecule has 2 rings (SSSR count). The Morgan fingerprint density at radius 3 is 2.59 bits per heavy atom. The Morgan fingerprint density at radius 2 is 2.05 bits per heavy atom. The van der Waals surface area contributed by atoms with Gasteiger partial charge < -0.3 is 5.11 Å². The summed E-state index contributed by atoms with van der Waals surface area (Å²) < 4.78 is 33.0. The van der Waals surface area contributed by atoms with Crippen LogP contribution < -0.4 is 4.31 Å². The third-order valence-electron chi connectivity index (χ3n) is 2.55. The highest BCUT2D eigenvalue weighted by Gasteiger charge is 2.25. The van der Waals surface area contributed by atoms with Crippen LogP contribution in [0.15, 0.2) is 23.6 Å². The number of thiazole rings is 1. The van der Waals surface area contributed by atoms with Crippen LogP contribution in [-0.2, 0) is 16.8 Å². The Morgan fingerprint density at radius 1 is 1.36 bits per heavy atom. The maximum absolute atomic E-state index is 11.5. The molecule has 7 nitrogen and oxygen atoms in total. The number of aromatic carboxylic acids is 1. The molecule has 0 unspecified atom stereocenters. The number of anilines is 1. The molecule has 2 N–H and O–H groups in total. The van der Waals surface area contributed by atoms with E-state index in [2.05, 4.69) is 4.98 Å². The molecule has 11 heteroatoms. The maximum Gasteiger partial charge on any atom is 0.362 e. The molecule has 1 aromatic carbocycles. The fraction of sp³-hybridized carbons (Fsp3) is 0.0909. The molecule has 0 aliphatic heterocycles. The number of aromatic nitrogens is 1. The van der Waals surface area contributed by atoms with Crippen LogP contribution in [0.5, 0.6) is 0 Å². The van der Waals surface area contributed by atoms with Gasteiger partial charge in [0.2, 0.25) is 5.13 Å². The van der Waals surface area contributed by atoms with Gasteiger partial charge in [0, 0.05) is 5.38 Å². The third kappa shape index (κ3) is 3.68. The number of benzene rings is 1. The van der Waals surface area contributed by atoms with E-state index in [1.54, 1.807) is 6.07 Å². The second-order valence-corrected chi connectivity index (χ2v) is 6.98. The van der Waals surface area contributed by atoms with Gasteiger partial charge in [-0.1, -0.05) is 35.3 Å². The summed E-state index contributed by atoms with van der Waals surface area (Å²) in [6.45, 7) is -0.342. The van der Waals surface area contributed by atoms with Crippen molar-refractivity contribution in [3.8, 4) is 0 Å². The molecule has 0 radical (unpaired) electrons. The predicted octanol–water partition coefficient (Wildman–Crippen LogP) is 2.96.